The van der Waals surface area contributed by atoms with Crippen molar-refractivity contribution >= 4 is 17.3 Å². The van der Waals surface area contributed by atoms with Gasteiger partial charge in [0.15, 0.2) is 0 Å². The molecule has 2 rings (SSSR count). The van der Waals surface area contributed by atoms with Gasteiger partial charge in [-0.15, -0.1) is 11.6 Å². The van der Waals surface area contributed by atoms with Crippen molar-refractivity contribution in [3.05, 3.63) is 29.8 Å². The first-order valence-corrected chi connectivity index (χ1v) is 7.11. The van der Waals surface area contributed by atoms with E-state index < -0.39 is 0 Å². The Hall–Kier alpha value is -0.690. The largest absolute Gasteiger partial charge is 0.371 e. The molecule has 0 radical (unpaired) electrons. The van der Waals surface area contributed by atoms with Crippen molar-refractivity contribution in [3.63, 3.8) is 0 Å². The minimum absolute atomic E-state index is 0.548. The summed E-state index contributed by atoms with van der Waals surface area (Å²) in [7, 11) is 0. The zero-order valence-corrected chi connectivity index (χ0v) is 11.6. The highest BCUT2D eigenvalue weighted by atomic mass is 35.5. The van der Waals surface area contributed by atoms with E-state index in [1.165, 1.54) is 30.5 Å². The van der Waals surface area contributed by atoms with Gasteiger partial charge in [-0.25, -0.2) is 0 Å². The fourth-order valence-electron chi connectivity index (χ4n) is 2.57. The molecule has 94 valence electrons. The van der Waals surface area contributed by atoms with Crippen molar-refractivity contribution in [1.82, 2.24) is 0 Å². The van der Waals surface area contributed by atoms with E-state index in [2.05, 4.69) is 43.0 Å². The smallest absolute Gasteiger partial charge is 0.0494 e. The van der Waals surface area contributed by atoms with Gasteiger partial charge in [0.2, 0.25) is 0 Å². The average Bonchev–Trinajstić information content (AvgIpc) is 2.40. The van der Waals surface area contributed by atoms with E-state index in [1.807, 2.05) is 0 Å². The summed E-state index contributed by atoms with van der Waals surface area (Å²) in [5.74, 6) is 0.609. The Kier molecular flexibility index (Phi) is 3.98. The first kappa shape index (κ1) is 12.8. The Bertz CT molecular complexity index is 367. The van der Waals surface area contributed by atoms with E-state index in [9.17, 15) is 0 Å². The Morgan fingerprint density at radius 1 is 1.24 bits per heavy atom. The lowest BCUT2D eigenvalue weighted by atomic mass is 9.78. The van der Waals surface area contributed by atoms with Gasteiger partial charge < -0.3 is 4.90 Å². The SMILES string of the molecule is CCC1(C)CCN(c2ccccc2CCl)CC1. The number of anilines is 1. The third-order valence-electron chi connectivity index (χ3n) is 4.30. The maximum Gasteiger partial charge on any atom is 0.0494 e. The first-order valence-electron chi connectivity index (χ1n) is 6.57. The molecule has 1 aliphatic rings. The van der Waals surface area contributed by atoms with Crippen LogP contribution in [0.25, 0.3) is 0 Å². The van der Waals surface area contributed by atoms with Gasteiger partial charge in [-0.1, -0.05) is 38.5 Å². The van der Waals surface area contributed by atoms with Crippen LogP contribution in [0.1, 0.15) is 38.7 Å². The summed E-state index contributed by atoms with van der Waals surface area (Å²) in [6, 6.07) is 8.52. The number of halogens is 1. The predicted molar refractivity (Wildman–Crippen MR) is 75.8 cm³/mol. The highest BCUT2D eigenvalue weighted by Crippen LogP contribution is 2.36. The van der Waals surface area contributed by atoms with E-state index in [4.69, 9.17) is 11.6 Å². The molecule has 2 heteroatoms. The minimum Gasteiger partial charge on any atom is -0.371 e. The summed E-state index contributed by atoms with van der Waals surface area (Å²) in [6.07, 6.45) is 3.87. The molecule has 0 aliphatic carbocycles. The summed E-state index contributed by atoms with van der Waals surface area (Å²) >= 11 is 6.01. The van der Waals surface area contributed by atoms with Gasteiger partial charge in [0.1, 0.15) is 0 Å². The standard InChI is InChI=1S/C15H22ClN/c1-3-15(2)8-10-17(11-9-15)14-7-5-4-6-13(14)12-16/h4-7H,3,8-12H2,1-2H3. The lowest BCUT2D eigenvalue weighted by molar-refractivity contribution is 0.238. The molecule has 1 aromatic carbocycles. The van der Waals surface area contributed by atoms with Crippen LogP contribution >= 0.6 is 11.6 Å². The second-order valence-corrected chi connectivity index (χ2v) is 5.68. The molecule has 1 nitrogen and oxygen atoms in total. The number of alkyl halides is 1. The first-order chi connectivity index (χ1) is 8.18. The number of nitrogens with zero attached hydrogens (tertiary/aromatic N) is 1. The van der Waals surface area contributed by atoms with E-state index in [-0.39, 0.29) is 0 Å². The summed E-state index contributed by atoms with van der Waals surface area (Å²) in [5, 5.41) is 0. The van der Waals surface area contributed by atoms with Crippen LogP contribution in [-0.4, -0.2) is 13.1 Å². The van der Waals surface area contributed by atoms with Crippen LogP contribution in [-0.2, 0) is 5.88 Å². The van der Waals surface area contributed by atoms with E-state index >= 15 is 0 Å². The highest BCUT2D eigenvalue weighted by molar-refractivity contribution is 6.17. The lowest BCUT2D eigenvalue weighted by Crippen LogP contribution is -2.38. The fourth-order valence-corrected chi connectivity index (χ4v) is 2.80. The molecule has 0 spiro atoms. The van der Waals surface area contributed by atoms with Crippen LogP contribution < -0.4 is 4.90 Å². The average molecular weight is 252 g/mol. The topological polar surface area (TPSA) is 3.24 Å². The van der Waals surface area contributed by atoms with Crippen LogP contribution in [0.3, 0.4) is 0 Å². The molecule has 1 fully saturated rings. The molecule has 0 atom stereocenters. The number of hydrogen-bond donors (Lipinski definition) is 0. The van der Waals surface area contributed by atoms with Crippen molar-refractivity contribution in [2.45, 2.75) is 39.0 Å². The number of rotatable bonds is 3. The van der Waals surface area contributed by atoms with Crippen molar-refractivity contribution in [2.75, 3.05) is 18.0 Å². The zero-order valence-electron chi connectivity index (χ0n) is 10.9. The van der Waals surface area contributed by atoms with Gasteiger partial charge in [-0.3, -0.25) is 0 Å². The number of para-hydroxylation sites is 1. The maximum atomic E-state index is 6.01. The van der Waals surface area contributed by atoms with Crippen LogP contribution in [0.15, 0.2) is 24.3 Å². The monoisotopic (exact) mass is 251 g/mol. The molecular weight excluding hydrogens is 230 g/mol. The van der Waals surface area contributed by atoms with Gasteiger partial charge in [0.05, 0.1) is 0 Å². The summed E-state index contributed by atoms with van der Waals surface area (Å²) < 4.78 is 0. The van der Waals surface area contributed by atoms with Gasteiger partial charge in [-0.05, 0) is 29.9 Å². The Labute approximate surface area is 110 Å². The molecule has 17 heavy (non-hydrogen) atoms. The number of benzene rings is 1. The zero-order chi connectivity index (χ0) is 12.3. The van der Waals surface area contributed by atoms with Gasteiger partial charge >= 0.3 is 0 Å². The predicted octanol–water partition coefficient (Wildman–Crippen LogP) is 4.44. The molecule has 0 N–H and O–H groups in total. The molecule has 1 heterocycles. The van der Waals surface area contributed by atoms with Crippen LogP contribution in [0.2, 0.25) is 0 Å². The van der Waals surface area contributed by atoms with Crippen molar-refractivity contribution < 1.29 is 0 Å². The Morgan fingerprint density at radius 3 is 2.47 bits per heavy atom. The van der Waals surface area contributed by atoms with E-state index in [0.29, 0.717) is 11.3 Å². The molecule has 0 amide bonds. The third-order valence-corrected chi connectivity index (χ3v) is 4.59. The van der Waals surface area contributed by atoms with Crippen molar-refractivity contribution in [1.29, 1.82) is 0 Å². The molecule has 0 saturated carbocycles. The minimum atomic E-state index is 0.548. The van der Waals surface area contributed by atoms with E-state index in [0.717, 1.165) is 13.1 Å². The molecular formula is C15H22ClN. The summed E-state index contributed by atoms with van der Waals surface area (Å²) in [6.45, 7) is 7.05. The highest BCUT2D eigenvalue weighted by Gasteiger charge is 2.28. The Morgan fingerprint density at radius 2 is 1.88 bits per heavy atom. The molecule has 0 unspecified atom stereocenters. The quantitative estimate of drug-likeness (QED) is 0.718. The lowest BCUT2D eigenvalue weighted by Gasteiger charge is -2.40. The molecule has 1 saturated heterocycles. The summed E-state index contributed by atoms with van der Waals surface area (Å²) in [5.41, 5.74) is 3.14. The van der Waals surface area contributed by atoms with Gasteiger partial charge in [-0.2, -0.15) is 0 Å². The van der Waals surface area contributed by atoms with Crippen molar-refractivity contribution in [2.24, 2.45) is 5.41 Å². The Balaban J connectivity index is 2.10. The van der Waals surface area contributed by atoms with Crippen LogP contribution in [0.4, 0.5) is 5.69 Å². The van der Waals surface area contributed by atoms with Crippen molar-refractivity contribution in [3.8, 4) is 0 Å². The number of piperidine rings is 1. The van der Waals surface area contributed by atoms with Gasteiger partial charge in [0, 0.05) is 24.7 Å². The molecule has 1 aromatic rings. The fraction of sp³-hybridized carbons (Fsp3) is 0.600. The number of hydrogen-bond acceptors (Lipinski definition) is 1. The van der Waals surface area contributed by atoms with Gasteiger partial charge in [0.25, 0.3) is 0 Å². The normalized spacial score (nSPS) is 19.4. The third kappa shape index (κ3) is 2.77. The molecule has 1 aliphatic heterocycles. The second kappa shape index (κ2) is 5.30. The molecule has 0 aromatic heterocycles. The second-order valence-electron chi connectivity index (χ2n) is 5.41. The summed E-state index contributed by atoms with van der Waals surface area (Å²) in [4.78, 5) is 2.50. The van der Waals surface area contributed by atoms with E-state index in [1.54, 1.807) is 0 Å². The maximum absolute atomic E-state index is 6.01. The molecule has 0 bridgehead atoms. The van der Waals surface area contributed by atoms with Crippen LogP contribution in [0.5, 0.6) is 0 Å². The van der Waals surface area contributed by atoms with Crippen LogP contribution in [0, 0.1) is 5.41 Å².